The van der Waals surface area contributed by atoms with Crippen molar-refractivity contribution in [3.05, 3.63) is 45.7 Å². The first kappa shape index (κ1) is 10.2. The first-order valence-corrected chi connectivity index (χ1v) is 4.76. The molecule has 0 aliphatic carbocycles. The van der Waals surface area contributed by atoms with Crippen LogP contribution in [0.4, 0.5) is 4.39 Å². The molecule has 1 aromatic rings. The monoisotopic (exact) mass is 241 g/mol. The van der Waals surface area contributed by atoms with Crippen LogP contribution in [0.15, 0.2) is 28.7 Å². The summed E-state index contributed by atoms with van der Waals surface area (Å²) in [4.78, 5) is 3.13. The summed E-state index contributed by atoms with van der Waals surface area (Å²) in [5.74, 6) is 0. The first-order valence-electron chi connectivity index (χ1n) is 3.97. The standard InChI is InChI=1S/C10H9BrFN/c1-13-7-6-10(12)8-4-2-3-5-9(8)11/h2-5,10H,6-7H2. The predicted octanol–water partition coefficient (Wildman–Crippen LogP) is 3.77. The fraction of sp³-hybridized carbons (Fsp3) is 0.300. The molecule has 0 heterocycles. The molecule has 0 spiro atoms. The number of halogens is 2. The maximum absolute atomic E-state index is 13.4. The van der Waals surface area contributed by atoms with Gasteiger partial charge < -0.3 is 4.85 Å². The van der Waals surface area contributed by atoms with E-state index in [0.717, 1.165) is 4.47 Å². The highest BCUT2D eigenvalue weighted by Crippen LogP contribution is 2.28. The molecule has 0 radical (unpaired) electrons. The van der Waals surface area contributed by atoms with E-state index in [-0.39, 0.29) is 13.0 Å². The smallest absolute Gasteiger partial charge is 0.217 e. The Kier molecular flexibility index (Phi) is 3.91. The van der Waals surface area contributed by atoms with Crippen LogP contribution in [0, 0.1) is 6.57 Å². The van der Waals surface area contributed by atoms with Crippen molar-refractivity contribution >= 4 is 15.9 Å². The van der Waals surface area contributed by atoms with E-state index >= 15 is 0 Å². The van der Waals surface area contributed by atoms with E-state index in [4.69, 9.17) is 6.57 Å². The lowest BCUT2D eigenvalue weighted by Crippen LogP contribution is -1.94. The highest BCUT2D eigenvalue weighted by atomic mass is 79.9. The van der Waals surface area contributed by atoms with Gasteiger partial charge in [0.05, 0.1) is 6.42 Å². The van der Waals surface area contributed by atoms with Crippen LogP contribution in [-0.2, 0) is 0 Å². The molecule has 1 nitrogen and oxygen atoms in total. The molecular formula is C10H9BrFN. The van der Waals surface area contributed by atoms with Gasteiger partial charge in [0.25, 0.3) is 0 Å². The summed E-state index contributed by atoms with van der Waals surface area (Å²) < 4.78 is 14.2. The Morgan fingerprint density at radius 2 is 2.15 bits per heavy atom. The molecule has 0 aliphatic rings. The fourth-order valence-electron chi connectivity index (χ4n) is 1.06. The van der Waals surface area contributed by atoms with E-state index in [2.05, 4.69) is 20.8 Å². The van der Waals surface area contributed by atoms with Gasteiger partial charge in [-0.05, 0) is 6.07 Å². The van der Waals surface area contributed by atoms with Gasteiger partial charge in [-0.2, -0.15) is 0 Å². The molecule has 3 heteroatoms. The number of alkyl halides is 1. The molecule has 0 bridgehead atoms. The minimum absolute atomic E-state index is 0.239. The number of nitrogens with zero attached hydrogens (tertiary/aromatic N) is 1. The summed E-state index contributed by atoms with van der Waals surface area (Å²) in [6.45, 7) is 6.80. The van der Waals surface area contributed by atoms with Gasteiger partial charge in [0.1, 0.15) is 6.17 Å². The lowest BCUT2D eigenvalue weighted by atomic mass is 10.1. The summed E-state index contributed by atoms with van der Waals surface area (Å²) in [5.41, 5.74) is 0.631. The summed E-state index contributed by atoms with van der Waals surface area (Å²) in [6, 6.07) is 7.18. The Hall–Kier alpha value is -0.880. The Morgan fingerprint density at radius 3 is 2.77 bits per heavy atom. The van der Waals surface area contributed by atoms with Crippen molar-refractivity contribution in [1.29, 1.82) is 0 Å². The second-order valence-electron chi connectivity index (χ2n) is 2.66. The van der Waals surface area contributed by atoms with E-state index in [0.29, 0.717) is 5.56 Å². The zero-order valence-electron chi connectivity index (χ0n) is 7.00. The molecule has 0 aliphatic heterocycles. The van der Waals surface area contributed by atoms with Crippen LogP contribution in [0.1, 0.15) is 18.2 Å². The van der Waals surface area contributed by atoms with Crippen molar-refractivity contribution < 1.29 is 4.39 Å². The van der Waals surface area contributed by atoms with Gasteiger partial charge in [0, 0.05) is 10.0 Å². The average molecular weight is 242 g/mol. The van der Waals surface area contributed by atoms with Crippen LogP contribution in [-0.4, -0.2) is 6.54 Å². The maximum Gasteiger partial charge on any atom is 0.217 e. The molecule has 0 N–H and O–H groups in total. The van der Waals surface area contributed by atoms with Gasteiger partial charge in [0.2, 0.25) is 6.54 Å². The van der Waals surface area contributed by atoms with Crippen LogP contribution in [0.5, 0.6) is 0 Å². The molecule has 0 amide bonds. The van der Waals surface area contributed by atoms with Gasteiger partial charge in [-0.1, -0.05) is 34.1 Å². The van der Waals surface area contributed by atoms with Crippen molar-refractivity contribution in [2.75, 3.05) is 6.54 Å². The van der Waals surface area contributed by atoms with E-state index in [9.17, 15) is 4.39 Å². The molecule has 0 fully saturated rings. The van der Waals surface area contributed by atoms with Crippen molar-refractivity contribution in [2.45, 2.75) is 12.6 Å². The molecule has 1 atom stereocenters. The van der Waals surface area contributed by atoms with Gasteiger partial charge in [-0.3, -0.25) is 0 Å². The van der Waals surface area contributed by atoms with E-state index in [1.165, 1.54) is 0 Å². The van der Waals surface area contributed by atoms with Crippen molar-refractivity contribution in [1.82, 2.24) is 0 Å². The number of hydrogen-bond acceptors (Lipinski definition) is 0. The number of hydrogen-bond donors (Lipinski definition) is 0. The summed E-state index contributed by atoms with van der Waals surface area (Å²) in [7, 11) is 0. The van der Waals surface area contributed by atoms with Gasteiger partial charge in [-0.25, -0.2) is 11.0 Å². The van der Waals surface area contributed by atoms with Gasteiger partial charge in [0.15, 0.2) is 0 Å². The topological polar surface area (TPSA) is 4.36 Å². The van der Waals surface area contributed by atoms with Crippen LogP contribution < -0.4 is 0 Å². The van der Waals surface area contributed by atoms with Crippen LogP contribution >= 0.6 is 15.9 Å². The predicted molar refractivity (Wildman–Crippen MR) is 54.1 cm³/mol. The SMILES string of the molecule is [C-]#[N+]CCC(F)c1ccccc1Br. The van der Waals surface area contributed by atoms with E-state index in [1.54, 1.807) is 18.2 Å². The van der Waals surface area contributed by atoms with Crippen molar-refractivity contribution in [3.8, 4) is 0 Å². The van der Waals surface area contributed by atoms with Gasteiger partial charge in [-0.15, -0.1) is 0 Å². The maximum atomic E-state index is 13.4. The number of rotatable bonds is 3. The van der Waals surface area contributed by atoms with Crippen LogP contribution in [0.3, 0.4) is 0 Å². The minimum Gasteiger partial charge on any atom is -0.317 e. The highest BCUT2D eigenvalue weighted by molar-refractivity contribution is 9.10. The van der Waals surface area contributed by atoms with Gasteiger partial charge >= 0.3 is 0 Å². The zero-order chi connectivity index (χ0) is 9.68. The fourth-order valence-corrected chi connectivity index (χ4v) is 1.60. The summed E-state index contributed by atoms with van der Waals surface area (Å²) >= 11 is 3.27. The minimum atomic E-state index is -1.04. The second-order valence-corrected chi connectivity index (χ2v) is 3.51. The molecular weight excluding hydrogens is 233 g/mol. The van der Waals surface area contributed by atoms with E-state index in [1.807, 2.05) is 6.07 Å². The molecule has 0 saturated carbocycles. The molecule has 1 unspecified atom stereocenters. The third-order valence-electron chi connectivity index (χ3n) is 1.74. The lowest BCUT2D eigenvalue weighted by molar-refractivity contribution is 0.331. The third-order valence-corrected chi connectivity index (χ3v) is 2.46. The third kappa shape index (κ3) is 2.82. The quantitative estimate of drug-likeness (QED) is 0.710. The van der Waals surface area contributed by atoms with Crippen molar-refractivity contribution in [3.63, 3.8) is 0 Å². The summed E-state index contributed by atoms with van der Waals surface area (Å²) in [5, 5.41) is 0. The lowest BCUT2D eigenvalue weighted by Gasteiger charge is -2.06. The number of benzene rings is 1. The molecule has 13 heavy (non-hydrogen) atoms. The molecule has 68 valence electrons. The van der Waals surface area contributed by atoms with Crippen LogP contribution in [0.2, 0.25) is 0 Å². The molecule has 0 aromatic heterocycles. The second kappa shape index (κ2) is 4.98. The molecule has 1 rings (SSSR count). The Bertz CT molecular complexity index is 319. The zero-order valence-corrected chi connectivity index (χ0v) is 8.59. The largest absolute Gasteiger partial charge is 0.317 e. The van der Waals surface area contributed by atoms with Crippen molar-refractivity contribution in [2.24, 2.45) is 0 Å². The average Bonchev–Trinajstić information content (AvgIpc) is 2.15. The normalized spacial score (nSPS) is 12.1. The van der Waals surface area contributed by atoms with Crippen LogP contribution in [0.25, 0.3) is 4.85 Å². The molecule has 1 aromatic carbocycles. The Balaban J connectivity index is 2.72. The Morgan fingerprint density at radius 1 is 1.46 bits per heavy atom. The highest BCUT2D eigenvalue weighted by Gasteiger charge is 2.13. The Labute approximate surface area is 85.5 Å². The molecule has 0 saturated heterocycles. The van der Waals surface area contributed by atoms with E-state index < -0.39 is 6.17 Å². The first-order chi connectivity index (χ1) is 6.25. The summed E-state index contributed by atoms with van der Waals surface area (Å²) in [6.07, 6.45) is -0.767.